The van der Waals surface area contributed by atoms with E-state index in [9.17, 15) is 9.59 Å². The maximum Gasteiger partial charge on any atom is 0.407 e. The van der Waals surface area contributed by atoms with Crippen molar-refractivity contribution in [1.29, 1.82) is 0 Å². The molecular weight excluding hydrogens is 366 g/mol. The van der Waals surface area contributed by atoms with E-state index in [1.165, 1.54) is 64.2 Å². The van der Waals surface area contributed by atoms with E-state index in [1.807, 2.05) is 20.8 Å². The highest BCUT2D eigenvalue weighted by Gasteiger charge is 2.27. The molecule has 0 bridgehead atoms. The number of amides is 1. The smallest absolute Gasteiger partial charge is 0.407 e. The minimum atomic E-state index is -0.637. The van der Waals surface area contributed by atoms with Gasteiger partial charge in [-0.2, -0.15) is 0 Å². The first-order valence-electron chi connectivity index (χ1n) is 12.2. The number of alkyl carbamates (subject to hydrolysis) is 1. The maximum absolute atomic E-state index is 12.4. The Morgan fingerprint density at radius 1 is 0.690 bits per heavy atom. The van der Waals surface area contributed by atoms with Gasteiger partial charge in [0, 0.05) is 0 Å². The van der Waals surface area contributed by atoms with Crippen LogP contribution < -0.4 is 5.32 Å². The Bertz CT molecular complexity index is 400. The first kappa shape index (κ1) is 27.7. The van der Waals surface area contributed by atoms with Crippen LogP contribution in [0.3, 0.4) is 0 Å². The highest BCUT2D eigenvalue weighted by molar-refractivity contribution is 5.81. The lowest BCUT2D eigenvalue weighted by atomic mass is 9.99. The third-order valence-corrected chi connectivity index (χ3v) is 5.42. The Labute approximate surface area is 179 Å². The van der Waals surface area contributed by atoms with E-state index >= 15 is 0 Å². The fraction of sp³-hybridized carbons (Fsp3) is 0.917. The summed E-state index contributed by atoms with van der Waals surface area (Å²) < 4.78 is 10.4. The molecule has 0 aliphatic heterocycles. The quantitative estimate of drug-likeness (QED) is 0.187. The number of carbonyl (C=O) groups is 2. The molecule has 0 fully saturated rings. The van der Waals surface area contributed by atoms with Crippen molar-refractivity contribution in [1.82, 2.24) is 5.32 Å². The van der Waals surface area contributed by atoms with Crippen LogP contribution >= 0.6 is 0 Å². The largest absolute Gasteiger partial charge is 0.464 e. The van der Waals surface area contributed by atoms with Crippen LogP contribution in [0.1, 0.15) is 118 Å². The van der Waals surface area contributed by atoms with Gasteiger partial charge in [-0.05, 0) is 18.8 Å². The molecule has 29 heavy (non-hydrogen) atoms. The zero-order chi connectivity index (χ0) is 21.7. The summed E-state index contributed by atoms with van der Waals surface area (Å²) in [6.07, 6.45) is 16.3. The second-order valence-electron chi connectivity index (χ2n) is 8.20. The molecule has 0 spiro atoms. The Morgan fingerprint density at radius 3 is 1.69 bits per heavy atom. The van der Waals surface area contributed by atoms with Gasteiger partial charge in [0.25, 0.3) is 0 Å². The molecule has 0 saturated carbocycles. The number of nitrogens with one attached hydrogen (secondary N) is 1. The fourth-order valence-corrected chi connectivity index (χ4v) is 3.24. The van der Waals surface area contributed by atoms with Crippen LogP contribution in [-0.4, -0.2) is 31.3 Å². The first-order valence-corrected chi connectivity index (χ1v) is 12.2. The van der Waals surface area contributed by atoms with Gasteiger partial charge in [0.05, 0.1) is 13.2 Å². The van der Waals surface area contributed by atoms with E-state index < -0.39 is 12.1 Å². The van der Waals surface area contributed by atoms with Gasteiger partial charge in [-0.15, -0.1) is 0 Å². The van der Waals surface area contributed by atoms with Gasteiger partial charge >= 0.3 is 12.1 Å². The average Bonchev–Trinajstić information content (AvgIpc) is 2.73. The summed E-state index contributed by atoms with van der Waals surface area (Å²) in [6.45, 7) is 8.90. The van der Waals surface area contributed by atoms with Crippen LogP contribution in [0.25, 0.3) is 0 Å². The second kappa shape index (κ2) is 20.0. The Hall–Kier alpha value is -1.26. The maximum atomic E-state index is 12.4. The van der Waals surface area contributed by atoms with Crippen molar-refractivity contribution < 1.29 is 19.1 Å². The van der Waals surface area contributed by atoms with Crippen molar-refractivity contribution >= 4 is 12.1 Å². The number of rotatable bonds is 19. The predicted molar refractivity (Wildman–Crippen MR) is 120 cm³/mol. The Morgan fingerprint density at radius 2 is 1.21 bits per heavy atom. The van der Waals surface area contributed by atoms with Gasteiger partial charge in [0.1, 0.15) is 6.04 Å². The van der Waals surface area contributed by atoms with Crippen molar-refractivity contribution in [3.05, 3.63) is 0 Å². The number of hydrogen-bond acceptors (Lipinski definition) is 4. The van der Waals surface area contributed by atoms with Crippen molar-refractivity contribution in [2.75, 3.05) is 13.2 Å². The van der Waals surface area contributed by atoms with E-state index in [0.717, 1.165) is 25.7 Å². The third kappa shape index (κ3) is 16.2. The van der Waals surface area contributed by atoms with Gasteiger partial charge < -0.3 is 14.8 Å². The molecule has 0 saturated heterocycles. The first-order chi connectivity index (χ1) is 14.1. The summed E-state index contributed by atoms with van der Waals surface area (Å²) in [7, 11) is 0. The average molecular weight is 414 g/mol. The van der Waals surface area contributed by atoms with Crippen molar-refractivity contribution in [3.8, 4) is 0 Å². The monoisotopic (exact) mass is 413 g/mol. The summed E-state index contributed by atoms with van der Waals surface area (Å²) >= 11 is 0. The molecule has 0 rings (SSSR count). The molecule has 0 aromatic rings. The Kier molecular flexibility index (Phi) is 19.2. The highest BCUT2D eigenvalue weighted by atomic mass is 16.6. The van der Waals surface area contributed by atoms with Gasteiger partial charge in [-0.3, -0.25) is 0 Å². The van der Waals surface area contributed by atoms with Gasteiger partial charge in [0.2, 0.25) is 0 Å². The lowest BCUT2D eigenvalue weighted by Gasteiger charge is -2.22. The number of carbonyl (C=O) groups excluding carboxylic acids is 2. The van der Waals surface area contributed by atoms with Crippen LogP contribution in [0.2, 0.25) is 0 Å². The normalized spacial score (nSPS) is 13.0. The summed E-state index contributed by atoms with van der Waals surface area (Å²) in [5, 5.41) is 2.66. The van der Waals surface area contributed by atoms with Crippen LogP contribution in [0, 0.1) is 5.92 Å². The Balaban J connectivity index is 3.78. The molecule has 172 valence electrons. The number of esters is 1. The molecule has 1 amide bonds. The second-order valence-corrected chi connectivity index (χ2v) is 8.20. The van der Waals surface area contributed by atoms with E-state index in [4.69, 9.17) is 9.47 Å². The zero-order valence-corrected chi connectivity index (χ0v) is 19.6. The molecular formula is C24H47NO4. The van der Waals surface area contributed by atoms with Gasteiger partial charge in [-0.25, -0.2) is 9.59 Å². The lowest BCUT2D eigenvalue weighted by molar-refractivity contribution is -0.147. The van der Waals surface area contributed by atoms with E-state index in [2.05, 4.69) is 12.2 Å². The van der Waals surface area contributed by atoms with Crippen LogP contribution in [-0.2, 0) is 14.3 Å². The minimum absolute atomic E-state index is 0.0126. The van der Waals surface area contributed by atoms with E-state index in [1.54, 1.807) is 0 Å². The summed E-state index contributed by atoms with van der Waals surface area (Å²) in [4.78, 5) is 24.1. The molecule has 0 aromatic carbocycles. The molecule has 1 unspecified atom stereocenters. The van der Waals surface area contributed by atoms with Gasteiger partial charge in [0.15, 0.2) is 0 Å². The van der Waals surface area contributed by atoms with Crippen LogP contribution in [0.15, 0.2) is 0 Å². The molecule has 0 radical (unpaired) electrons. The molecule has 5 nitrogen and oxygen atoms in total. The van der Waals surface area contributed by atoms with E-state index in [-0.39, 0.29) is 11.9 Å². The molecule has 2 atom stereocenters. The summed E-state index contributed by atoms with van der Waals surface area (Å²) in [5.74, 6) is -0.338. The molecule has 1 N–H and O–H groups in total. The molecule has 0 aliphatic rings. The number of hydrogen-bond donors (Lipinski definition) is 1. The van der Waals surface area contributed by atoms with E-state index in [0.29, 0.717) is 13.2 Å². The lowest BCUT2D eigenvalue weighted by Crippen LogP contribution is -2.46. The zero-order valence-electron chi connectivity index (χ0n) is 19.6. The van der Waals surface area contributed by atoms with Crippen LogP contribution in [0.4, 0.5) is 4.79 Å². The SMILES string of the molecule is CCCCCCCCCCCCCCOC(=O)[C@@H](NC(=O)OCCC)C(C)CC. The molecule has 0 aromatic heterocycles. The summed E-state index contributed by atoms with van der Waals surface area (Å²) in [5.41, 5.74) is 0. The number of ether oxygens (including phenoxy) is 2. The van der Waals surface area contributed by atoms with Crippen molar-refractivity contribution in [3.63, 3.8) is 0 Å². The minimum Gasteiger partial charge on any atom is -0.464 e. The summed E-state index contributed by atoms with van der Waals surface area (Å²) in [6, 6.07) is -0.637. The molecule has 5 heteroatoms. The molecule has 0 aliphatic carbocycles. The number of unbranched alkanes of at least 4 members (excludes halogenated alkanes) is 11. The van der Waals surface area contributed by atoms with Crippen molar-refractivity contribution in [2.45, 2.75) is 124 Å². The van der Waals surface area contributed by atoms with Crippen molar-refractivity contribution in [2.24, 2.45) is 5.92 Å². The third-order valence-electron chi connectivity index (χ3n) is 5.42. The van der Waals surface area contributed by atoms with Crippen LogP contribution in [0.5, 0.6) is 0 Å². The highest BCUT2D eigenvalue weighted by Crippen LogP contribution is 2.13. The van der Waals surface area contributed by atoms with Gasteiger partial charge in [-0.1, -0.05) is 105 Å². The molecule has 0 heterocycles. The topological polar surface area (TPSA) is 64.6 Å². The standard InChI is InChI=1S/C24H47NO4/c1-5-8-9-10-11-12-13-14-15-16-17-18-20-28-23(26)22(21(4)7-3)25-24(27)29-19-6-2/h21-22H,5-20H2,1-4H3,(H,25,27)/t21?,22-/m0/s1. The predicted octanol–water partition coefficient (Wildman–Crippen LogP) is 6.78. The fourth-order valence-electron chi connectivity index (χ4n) is 3.24.